The number of hydrogen-bond donors (Lipinski definition) is 2. The van der Waals surface area contributed by atoms with Gasteiger partial charge in [-0.15, -0.1) is 5.10 Å². The summed E-state index contributed by atoms with van der Waals surface area (Å²) < 4.78 is 2.67. The predicted octanol–water partition coefficient (Wildman–Crippen LogP) is 10.5. The minimum atomic E-state index is -0.0214. The van der Waals surface area contributed by atoms with Gasteiger partial charge in [0.2, 0.25) is 5.16 Å². The van der Waals surface area contributed by atoms with E-state index in [-0.39, 0.29) is 23.4 Å². The quantitative estimate of drug-likeness (QED) is 0.0678. The summed E-state index contributed by atoms with van der Waals surface area (Å²) in [6.45, 7) is 12.6. The third-order valence-corrected chi connectivity index (χ3v) is 12.7. The SMILES string of the molecule is CC(C)(C)c1ccc(-n2nnnc2SCC(=O)Cc2ccc(C#CCN3CCCC3)cc2Cl)c(Cl)c1.Nc1ccc(C#CCN2CCCC2)cc1Cl.Nc1ccc(I)cc1Cl. The van der Waals surface area contributed by atoms with Gasteiger partial charge in [0, 0.05) is 26.1 Å². The molecule has 0 atom stereocenters. The normalized spacial score (nSPS) is 13.8. The van der Waals surface area contributed by atoms with Crippen LogP contribution in [0.3, 0.4) is 0 Å². The van der Waals surface area contributed by atoms with E-state index in [0.29, 0.717) is 42.3 Å². The molecule has 2 saturated heterocycles. The first kappa shape index (κ1) is 48.5. The molecule has 0 unspecified atom stereocenters. The van der Waals surface area contributed by atoms with Gasteiger partial charge in [0.1, 0.15) is 5.78 Å². The molecular weight excluding hydrogens is 981 g/mol. The summed E-state index contributed by atoms with van der Waals surface area (Å²) in [5.41, 5.74) is 16.7. The highest BCUT2D eigenvalue weighted by molar-refractivity contribution is 14.1. The van der Waals surface area contributed by atoms with Crippen LogP contribution in [-0.4, -0.2) is 80.8 Å². The van der Waals surface area contributed by atoms with Crippen molar-refractivity contribution in [3.8, 4) is 29.4 Å². The molecule has 1 aromatic heterocycles. The zero-order valence-electron chi connectivity index (χ0n) is 34.5. The number of nitrogens with two attached hydrogens (primary N) is 2. The Bertz CT molecular complexity index is 2400. The van der Waals surface area contributed by atoms with E-state index in [1.165, 1.54) is 50.5 Å². The summed E-state index contributed by atoms with van der Waals surface area (Å²) in [6.07, 6.45) is 5.34. The molecule has 0 spiro atoms. The minimum absolute atomic E-state index is 0.0214. The molecule has 2 fully saturated rings. The van der Waals surface area contributed by atoms with Gasteiger partial charge in [0.25, 0.3) is 0 Å². The summed E-state index contributed by atoms with van der Waals surface area (Å²) in [5, 5.41) is 14.8. The summed E-state index contributed by atoms with van der Waals surface area (Å²) in [6, 6.07) is 22.5. The van der Waals surface area contributed by atoms with E-state index in [2.05, 4.69) is 92.4 Å². The lowest BCUT2D eigenvalue weighted by molar-refractivity contribution is -0.116. The number of carbonyl (C=O) groups excluding carboxylic acids is 1. The van der Waals surface area contributed by atoms with Crippen molar-refractivity contribution in [3.63, 3.8) is 0 Å². The Morgan fingerprint density at radius 3 is 1.82 bits per heavy atom. The second-order valence-corrected chi connectivity index (χ2v) is 19.4. The fraction of sp³-hybridized carbons (Fsp3) is 0.348. The maximum Gasteiger partial charge on any atom is 0.214 e. The predicted molar refractivity (Wildman–Crippen MR) is 263 cm³/mol. The van der Waals surface area contributed by atoms with Crippen molar-refractivity contribution in [2.75, 3.05) is 56.5 Å². The number of carbonyl (C=O) groups is 1. The van der Waals surface area contributed by atoms with Crippen LogP contribution in [0.4, 0.5) is 11.4 Å². The first-order valence-electron chi connectivity index (χ1n) is 19.9. The fourth-order valence-corrected chi connectivity index (χ4v) is 8.52. The Morgan fingerprint density at radius 1 is 0.738 bits per heavy atom. The van der Waals surface area contributed by atoms with E-state index in [9.17, 15) is 4.79 Å². The Balaban J connectivity index is 0.000000229. The van der Waals surface area contributed by atoms with Gasteiger partial charge in [0.05, 0.1) is 51.0 Å². The average Bonchev–Trinajstić information content (AvgIpc) is 4.03. The lowest BCUT2D eigenvalue weighted by atomic mass is 9.87. The molecule has 15 heteroatoms. The van der Waals surface area contributed by atoms with Gasteiger partial charge in [-0.3, -0.25) is 14.6 Å². The van der Waals surface area contributed by atoms with E-state index in [1.807, 2.05) is 60.7 Å². The minimum Gasteiger partial charge on any atom is -0.398 e. The number of hydrogen-bond acceptors (Lipinski definition) is 9. The summed E-state index contributed by atoms with van der Waals surface area (Å²) in [7, 11) is 0. The number of likely N-dealkylation sites (tertiary alicyclic amines) is 2. The third kappa shape index (κ3) is 15.7. The molecular formula is C46H49Cl4IN8OS. The molecule has 4 aromatic carbocycles. The van der Waals surface area contributed by atoms with Crippen LogP contribution in [0.5, 0.6) is 0 Å². The summed E-state index contributed by atoms with van der Waals surface area (Å²) in [4.78, 5) is 17.4. The highest BCUT2D eigenvalue weighted by Crippen LogP contribution is 2.31. The van der Waals surface area contributed by atoms with Crippen LogP contribution in [0, 0.1) is 27.3 Å². The van der Waals surface area contributed by atoms with Crippen molar-refractivity contribution in [3.05, 3.63) is 119 Å². The van der Waals surface area contributed by atoms with Crippen LogP contribution in [-0.2, 0) is 16.6 Å². The molecule has 0 saturated carbocycles. The molecule has 5 aromatic rings. The first-order chi connectivity index (χ1) is 29.2. The Labute approximate surface area is 397 Å². The third-order valence-electron chi connectivity index (χ3n) is 9.72. The number of nitrogens with zero attached hydrogens (tertiary/aromatic N) is 6. The van der Waals surface area contributed by atoms with E-state index >= 15 is 0 Å². The number of tetrazole rings is 1. The van der Waals surface area contributed by atoms with E-state index < -0.39 is 0 Å². The molecule has 0 amide bonds. The number of thioether (sulfide) groups is 1. The number of aromatic nitrogens is 4. The first-order valence-corrected chi connectivity index (χ1v) is 23.4. The van der Waals surface area contributed by atoms with Crippen LogP contribution >= 0.6 is 80.8 Å². The Kier molecular flexibility index (Phi) is 18.9. The second-order valence-electron chi connectivity index (χ2n) is 15.6. The van der Waals surface area contributed by atoms with Crippen LogP contribution in [0.15, 0.2) is 78.0 Å². The Hall–Kier alpha value is -3.50. The number of Topliss-reactive ketones (excluding diaryl/α,β-unsaturated/α-hetero) is 1. The van der Waals surface area contributed by atoms with E-state index in [4.69, 9.17) is 57.9 Å². The zero-order chi connectivity index (χ0) is 43.9. The zero-order valence-corrected chi connectivity index (χ0v) is 40.5. The monoisotopic (exact) mass is 1030 g/mol. The van der Waals surface area contributed by atoms with Crippen molar-refractivity contribution in [2.24, 2.45) is 0 Å². The van der Waals surface area contributed by atoms with Gasteiger partial charge in [0.15, 0.2) is 0 Å². The number of nitrogen functional groups attached to an aromatic ring is 2. The molecule has 61 heavy (non-hydrogen) atoms. The lowest BCUT2D eigenvalue weighted by Crippen LogP contribution is -2.18. The molecule has 9 nitrogen and oxygen atoms in total. The maximum atomic E-state index is 12.7. The molecule has 0 bridgehead atoms. The summed E-state index contributed by atoms with van der Waals surface area (Å²) in [5.74, 6) is 12.9. The van der Waals surface area contributed by atoms with Crippen molar-refractivity contribution in [1.29, 1.82) is 0 Å². The lowest BCUT2D eigenvalue weighted by Gasteiger charge is -2.20. The fourth-order valence-electron chi connectivity index (χ4n) is 6.24. The molecule has 4 N–H and O–H groups in total. The van der Waals surface area contributed by atoms with Gasteiger partial charge in [-0.25, -0.2) is 0 Å². The van der Waals surface area contributed by atoms with Crippen LogP contribution in [0.1, 0.15) is 68.7 Å². The smallest absolute Gasteiger partial charge is 0.214 e. The van der Waals surface area contributed by atoms with Crippen LogP contribution in [0.2, 0.25) is 20.1 Å². The topological polar surface area (TPSA) is 119 Å². The second kappa shape index (κ2) is 23.8. The van der Waals surface area contributed by atoms with Crippen LogP contribution < -0.4 is 11.5 Å². The number of anilines is 2. The van der Waals surface area contributed by atoms with Crippen molar-refractivity contribution in [1.82, 2.24) is 30.0 Å². The van der Waals surface area contributed by atoms with Gasteiger partial charge >= 0.3 is 0 Å². The van der Waals surface area contributed by atoms with Crippen LogP contribution in [0.25, 0.3) is 5.69 Å². The number of benzene rings is 4. The molecule has 2 aliphatic rings. The number of rotatable bonds is 8. The highest BCUT2D eigenvalue weighted by atomic mass is 127. The average molecular weight is 1030 g/mol. The molecule has 0 aliphatic carbocycles. The standard InChI is InChI=1S/C27H29Cl2N5OS.C13H15ClN2.C6H5ClIN/c1-27(2,3)21-10-11-25(24(29)17-21)34-26(30-31-32-34)36-18-22(35)16-20-9-8-19(15-23(20)28)7-6-14-33-12-4-5-13-33;14-12-10-11(5-6-13(12)15)4-3-9-16-7-1-2-8-16;7-5-3-4(8)1-2-6(5)9/h8-11,15,17H,4-5,12-14,16,18H2,1-3H3;5-6,10H,1-2,7-9,15H2;1-3H,9H2. The number of ketones is 1. The van der Waals surface area contributed by atoms with Crippen molar-refractivity contribution < 1.29 is 4.79 Å². The molecule has 320 valence electrons. The molecule has 3 heterocycles. The molecule has 2 aliphatic heterocycles. The van der Waals surface area contributed by atoms with Gasteiger partial charge in [-0.1, -0.05) is 115 Å². The number of halogens is 5. The molecule has 0 radical (unpaired) electrons. The van der Waals surface area contributed by atoms with Crippen molar-refractivity contribution >= 4 is 97.9 Å². The van der Waals surface area contributed by atoms with E-state index in [0.717, 1.165) is 52.0 Å². The van der Waals surface area contributed by atoms with Gasteiger partial charge < -0.3 is 11.5 Å². The van der Waals surface area contributed by atoms with Crippen molar-refractivity contribution in [2.45, 2.75) is 63.4 Å². The maximum absolute atomic E-state index is 12.7. The van der Waals surface area contributed by atoms with Gasteiger partial charge in [-0.2, -0.15) is 4.68 Å². The van der Waals surface area contributed by atoms with Gasteiger partial charge in [-0.05, 0) is 162 Å². The Morgan fingerprint density at radius 2 is 1.30 bits per heavy atom. The highest BCUT2D eigenvalue weighted by Gasteiger charge is 2.19. The largest absolute Gasteiger partial charge is 0.398 e. The van der Waals surface area contributed by atoms with E-state index in [1.54, 1.807) is 16.8 Å². The molecule has 7 rings (SSSR count). The summed E-state index contributed by atoms with van der Waals surface area (Å²) >= 11 is 28.1.